The molecular formula is C4H11AsOS. The molecule has 0 aliphatic heterocycles. The predicted octanol–water partition coefficient (Wildman–Crippen LogP) is 0.963. The van der Waals surface area contributed by atoms with Gasteiger partial charge in [-0.15, -0.1) is 0 Å². The van der Waals surface area contributed by atoms with Gasteiger partial charge in [-0.2, -0.15) is 0 Å². The topological polar surface area (TPSA) is 20.2 Å². The fourth-order valence-corrected chi connectivity index (χ4v) is 3.48. The summed E-state index contributed by atoms with van der Waals surface area (Å²) in [4.78, 5) is 0. The minimum atomic E-state index is -0.486. The number of aliphatic hydroxyl groups excluding tert-OH is 1. The SMILES string of the molecule is C[As](C)SCCO. The van der Waals surface area contributed by atoms with E-state index in [0.29, 0.717) is 6.61 Å². The van der Waals surface area contributed by atoms with Crippen LogP contribution in [0.15, 0.2) is 0 Å². The maximum atomic E-state index is 8.32. The maximum absolute atomic E-state index is 8.32. The molecule has 0 rings (SSSR count). The van der Waals surface area contributed by atoms with Crippen molar-refractivity contribution in [2.75, 3.05) is 12.4 Å². The molecule has 0 bridgehead atoms. The Morgan fingerprint density at radius 2 is 2.14 bits per heavy atom. The van der Waals surface area contributed by atoms with Crippen LogP contribution in [0.3, 0.4) is 0 Å². The van der Waals surface area contributed by atoms with E-state index in [4.69, 9.17) is 5.11 Å². The van der Waals surface area contributed by atoms with Crippen LogP contribution < -0.4 is 0 Å². The summed E-state index contributed by atoms with van der Waals surface area (Å²) in [6.45, 7) is 0.345. The first-order valence-corrected chi connectivity index (χ1v) is 9.18. The summed E-state index contributed by atoms with van der Waals surface area (Å²) < 4.78 is 0. The zero-order valence-corrected chi connectivity index (χ0v) is 7.41. The van der Waals surface area contributed by atoms with Gasteiger partial charge in [-0.05, 0) is 0 Å². The van der Waals surface area contributed by atoms with Crippen molar-refractivity contribution in [2.45, 2.75) is 11.4 Å². The summed E-state index contributed by atoms with van der Waals surface area (Å²) in [7, 11) is 1.93. The van der Waals surface area contributed by atoms with Gasteiger partial charge >= 0.3 is 52.4 Å². The van der Waals surface area contributed by atoms with E-state index in [1.54, 1.807) is 0 Å². The van der Waals surface area contributed by atoms with Crippen molar-refractivity contribution in [3.63, 3.8) is 0 Å². The van der Waals surface area contributed by atoms with E-state index >= 15 is 0 Å². The Morgan fingerprint density at radius 3 is 2.29 bits per heavy atom. The van der Waals surface area contributed by atoms with Gasteiger partial charge < -0.3 is 0 Å². The molecule has 7 heavy (non-hydrogen) atoms. The molecule has 44 valence electrons. The van der Waals surface area contributed by atoms with Gasteiger partial charge in [-0.25, -0.2) is 0 Å². The van der Waals surface area contributed by atoms with Crippen LogP contribution in [-0.2, 0) is 0 Å². The monoisotopic (exact) mass is 182 g/mol. The van der Waals surface area contributed by atoms with Gasteiger partial charge in [-0.1, -0.05) is 0 Å². The Bertz CT molecular complexity index is 40.7. The molecule has 0 heterocycles. The number of hydrogen-bond donors (Lipinski definition) is 1. The van der Waals surface area contributed by atoms with Crippen molar-refractivity contribution in [1.29, 1.82) is 0 Å². The standard InChI is InChI=1S/C4H11AsOS/c1-5(2)7-4-3-6/h6H,3-4H2,1-2H3. The molecule has 0 aliphatic carbocycles. The van der Waals surface area contributed by atoms with Gasteiger partial charge in [0.1, 0.15) is 0 Å². The molecule has 1 N–H and O–H groups in total. The molecule has 0 unspecified atom stereocenters. The second-order valence-corrected chi connectivity index (χ2v) is 10.9. The average molecular weight is 182 g/mol. The fraction of sp³-hybridized carbons (Fsp3) is 1.00. The van der Waals surface area contributed by atoms with Gasteiger partial charge in [0.15, 0.2) is 0 Å². The Hall–Kier alpha value is 0.868. The molecular weight excluding hydrogens is 171 g/mol. The Balaban J connectivity index is 2.68. The van der Waals surface area contributed by atoms with Gasteiger partial charge in [0.05, 0.1) is 0 Å². The summed E-state index contributed by atoms with van der Waals surface area (Å²) in [5.41, 5.74) is 4.54. The van der Waals surface area contributed by atoms with Crippen molar-refractivity contribution in [3.8, 4) is 0 Å². The van der Waals surface area contributed by atoms with Gasteiger partial charge in [0.2, 0.25) is 0 Å². The molecule has 1 nitrogen and oxygen atoms in total. The zero-order chi connectivity index (χ0) is 5.70. The summed E-state index contributed by atoms with van der Waals surface area (Å²) in [6, 6.07) is 0. The normalized spacial score (nSPS) is 10.3. The van der Waals surface area contributed by atoms with Crippen molar-refractivity contribution in [2.24, 2.45) is 0 Å². The number of hydrogen-bond acceptors (Lipinski definition) is 2. The summed E-state index contributed by atoms with van der Waals surface area (Å²) in [5.74, 6) is 0.938. The van der Waals surface area contributed by atoms with Crippen LogP contribution in [0.25, 0.3) is 0 Å². The third-order valence-electron chi connectivity index (χ3n) is 0.441. The summed E-state index contributed by atoms with van der Waals surface area (Å²) >= 11 is -0.486. The van der Waals surface area contributed by atoms with Gasteiger partial charge in [0, 0.05) is 0 Å². The van der Waals surface area contributed by atoms with Crippen molar-refractivity contribution in [3.05, 3.63) is 0 Å². The molecule has 0 spiro atoms. The van der Waals surface area contributed by atoms with Gasteiger partial charge in [0.25, 0.3) is 0 Å². The molecule has 0 saturated carbocycles. The Labute approximate surface area is 52.7 Å². The van der Waals surface area contributed by atoms with E-state index < -0.39 is 13.5 Å². The average Bonchev–Trinajstić information content (AvgIpc) is 1.61. The van der Waals surface area contributed by atoms with Crippen LogP contribution in [0.2, 0.25) is 11.4 Å². The fourth-order valence-electron chi connectivity index (χ4n) is 0.223. The first kappa shape index (κ1) is 7.87. The van der Waals surface area contributed by atoms with E-state index in [0.717, 1.165) is 5.75 Å². The van der Waals surface area contributed by atoms with Crippen molar-refractivity contribution in [1.82, 2.24) is 0 Å². The molecule has 0 amide bonds. The van der Waals surface area contributed by atoms with Crippen LogP contribution in [0.1, 0.15) is 0 Å². The first-order valence-electron chi connectivity index (χ1n) is 2.18. The van der Waals surface area contributed by atoms with E-state index in [1.807, 2.05) is 10.0 Å². The molecule has 0 radical (unpaired) electrons. The molecule has 0 atom stereocenters. The second kappa shape index (κ2) is 5.01. The minimum absolute atomic E-state index is 0.345. The molecule has 0 fully saturated rings. The van der Waals surface area contributed by atoms with Crippen LogP contribution in [0, 0.1) is 0 Å². The predicted molar refractivity (Wildman–Crippen MR) is 37.0 cm³/mol. The van der Waals surface area contributed by atoms with E-state index in [9.17, 15) is 0 Å². The van der Waals surface area contributed by atoms with Crippen molar-refractivity contribution >= 4 is 23.5 Å². The molecule has 0 aromatic carbocycles. The van der Waals surface area contributed by atoms with E-state index in [1.165, 1.54) is 0 Å². The van der Waals surface area contributed by atoms with Crippen LogP contribution >= 0.6 is 10.0 Å². The molecule has 0 aromatic rings. The summed E-state index contributed by atoms with van der Waals surface area (Å²) in [6.07, 6.45) is 0. The Morgan fingerprint density at radius 1 is 1.57 bits per heavy atom. The second-order valence-electron chi connectivity index (χ2n) is 1.37. The van der Waals surface area contributed by atoms with Crippen LogP contribution in [0.4, 0.5) is 0 Å². The first-order chi connectivity index (χ1) is 3.27. The number of rotatable bonds is 3. The van der Waals surface area contributed by atoms with E-state index in [2.05, 4.69) is 11.4 Å². The van der Waals surface area contributed by atoms with E-state index in [-0.39, 0.29) is 0 Å². The quantitative estimate of drug-likeness (QED) is 0.656. The van der Waals surface area contributed by atoms with Crippen LogP contribution in [-0.4, -0.2) is 31.0 Å². The molecule has 0 aromatic heterocycles. The molecule has 3 heteroatoms. The number of aliphatic hydroxyl groups is 1. The third-order valence-corrected chi connectivity index (χ3v) is 5.72. The third kappa shape index (κ3) is 6.87. The van der Waals surface area contributed by atoms with Gasteiger partial charge in [-0.3, -0.25) is 0 Å². The Kier molecular flexibility index (Phi) is 5.64. The van der Waals surface area contributed by atoms with Crippen LogP contribution in [0.5, 0.6) is 0 Å². The molecule has 0 saturated heterocycles. The zero-order valence-electron chi connectivity index (χ0n) is 4.72. The van der Waals surface area contributed by atoms with Crippen molar-refractivity contribution < 1.29 is 5.11 Å². The molecule has 0 aliphatic rings. The summed E-state index contributed by atoms with van der Waals surface area (Å²) in [5, 5.41) is 8.32.